The predicted molar refractivity (Wildman–Crippen MR) is 67.3 cm³/mol. The van der Waals surface area contributed by atoms with Crippen LogP contribution in [0.2, 0.25) is 0 Å². The maximum atomic E-state index is 5.79. The van der Waals surface area contributed by atoms with Crippen molar-refractivity contribution in [2.45, 2.75) is 25.8 Å². The van der Waals surface area contributed by atoms with Crippen LogP contribution in [0, 0.1) is 6.92 Å². The third-order valence-electron chi connectivity index (χ3n) is 3.44. The molecule has 0 amide bonds. The summed E-state index contributed by atoms with van der Waals surface area (Å²) in [5.74, 6) is 0.968. The molecule has 1 aromatic carbocycles. The average Bonchev–Trinajstić information content (AvgIpc) is 2.28. The van der Waals surface area contributed by atoms with E-state index in [9.17, 15) is 0 Å². The van der Waals surface area contributed by atoms with Crippen molar-refractivity contribution in [3.63, 3.8) is 0 Å². The Balaban J connectivity index is 2.48. The van der Waals surface area contributed by atoms with Gasteiger partial charge in [-0.05, 0) is 37.0 Å². The lowest BCUT2D eigenvalue weighted by molar-refractivity contribution is 0.409. The first-order valence-electron chi connectivity index (χ1n) is 5.77. The zero-order valence-corrected chi connectivity index (χ0v) is 10.3. The first-order valence-corrected chi connectivity index (χ1v) is 5.77. The van der Waals surface area contributed by atoms with E-state index in [1.165, 1.54) is 16.8 Å². The fourth-order valence-corrected chi connectivity index (χ4v) is 2.54. The molecule has 0 radical (unpaired) electrons. The standard InChI is InChI=1S/C13H20N2O/c1-9-6-10-4-5-11(8-14)15(2)13(10)12(7-9)16-3/h6-7,11H,4-5,8,14H2,1-3H3. The smallest absolute Gasteiger partial charge is 0.142 e. The molecular weight excluding hydrogens is 200 g/mol. The van der Waals surface area contributed by atoms with E-state index in [0.717, 1.165) is 18.6 Å². The average molecular weight is 220 g/mol. The quantitative estimate of drug-likeness (QED) is 0.824. The van der Waals surface area contributed by atoms with E-state index in [1.54, 1.807) is 7.11 Å². The van der Waals surface area contributed by atoms with Gasteiger partial charge in [-0.2, -0.15) is 0 Å². The Morgan fingerprint density at radius 3 is 2.88 bits per heavy atom. The molecule has 0 aliphatic carbocycles. The Labute approximate surface area is 97.2 Å². The molecule has 0 spiro atoms. The van der Waals surface area contributed by atoms with Gasteiger partial charge in [0.15, 0.2) is 0 Å². The Morgan fingerprint density at radius 2 is 2.25 bits per heavy atom. The summed E-state index contributed by atoms with van der Waals surface area (Å²) >= 11 is 0. The molecule has 88 valence electrons. The summed E-state index contributed by atoms with van der Waals surface area (Å²) in [4.78, 5) is 2.26. The molecule has 1 aromatic rings. The van der Waals surface area contributed by atoms with Gasteiger partial charge in [0.05, 0.1) is 12.8 Å². The van der Waals surface area contributed by atoms with Crippen LogP contribution in [0.1, 0.15) is 17.5 Å². The monoisotopic (exact) mass is 220 g/mol. The van der Waals surface area contributed by atoms with Crippen molar-refractivity contribution in [1.82, 2.24) is 0 Å². The normalized spacial score (nSPS) is 19.5. The van der Waals surface area contributed by atoms with Crippen molar-refractivity contribution in [2.75, 3.05) is 25.6 Å². The molecule has 0 fully saturated rings. The van der Waals surface area contributed by atoms with E-state index in [1.807, 2.05) is 0 Å². The molecule has 1 aliphatic rings. The van der Waals surface area contributed by atoms with Crippen LogP contribution in [-0.4, -0.2) is 26.7 Å². The Morgan fingerprint density at radius 1 is 1.50 bits per heavy atom. The van der Waals surface area contributed by atoms with E-state index in [4.69, 9.17) is 10.5 Å². The number of fused-ring (bicyclic) bond motifs is 1. The van der Waals surface area contributed by atoms with Crippen LogP contribution in [0.15, 0.2) is 12.1 Å². The van der Waals surface area contributed by atoms with Gasteiger partial charge in [-0.15, -0.1) is 0 Å². The highest BCUT2D eigenvalue weighted by Crippen LogP contribution is 2.38. The van der Waals surface area contributed by atoms with Crippen molar-refractivity contribution < 1.29 is 4.74 Å². The maximum absolute atomic E-state index is 5.79. The van der Waals surface area contributed by atoms with E-state index < -0.39 is 0 Å². The zero-order chi connectivity index (χ0) is 11.7. The lowest BCUT2D eigenvalue weighted by atomic mass is 9.94. The Hall–Kier alpha value is -1.22. The maximum Gasteiger partial charge on any atom is 0.142 e. The zero-order valence-electron chi connectivity index (χ0n) is 10.3. The lowest BCUT2D eigenvalue weighted by Crippen LogP contribution is -2.41. The van der Waals surface area contributed by atoms with E-state index in [0.29, 0.717) is 12.6 Å². The van der Waals surface area contributed by atoms with Crippen LogP contribution >= 0.6 is 0 Å². The topological polar surface area (TPSA) is 38.5 Å². The molecule has 1 heterocycles. The van der Waals surface area contributed by atoms with Gasteiger partial charge in [-0.1, -0.05) is 6.07 Å². The number of likely N-dealkylation sites (N-methyl/N-ethyl adjacent to an activating group) is 1. The summed E-state index contributed by atoms with van der Waals surface area (Å²) in [7, 11) is 3.84. The summed E-state index contributed by atoms with van der Waals surface area (Å²) in [5.41, 5.74) is 9.65. The second-order valence-corrected chi connectivity index (χ2v) is 4.51. The first kappa shape index (κ1) is 11.3. The molecule has 3 heteroatoms. The van der Waals surface area contributed by atoms with Gasteiger partial charge >= 0.3 is 0 Å². The second-order valence-electron chi connectivity index (χ2n) is 4.51. The molecule has 0 bridgehead atoms. The SMILES string of the molecule is COc1cc(C)cc2c1N(C)C(CN)CC2. The van der Waals surface area contributed by atoms with Crippen LogP contribution in [-0.2, 0) is 6.42 Å². The summed E-state index contributed by atoms with van der Waals surface area (Å²) in [6, 6.07) is 4.78. The lowest BCUT2D eigenvalue weighted by Gasteiger charge is -2.36. The minimum absolute atomic E-state index is 0.434. The predicted octanol–water partition coefficient (Wildman–Crippen LogP) is 1.71. The third-order valence-corrected chi connectivity index (χ3v) is 3.44. The molecule has 0 saturated carbocycles. The highest BCUT2D eigenvalue weighted by Gasteiger charge is 2.25. The van der Waals surface area contributed by atoms with Crippen molar-refractivity contribution in [3.05, 3.63) is 23.3 Å². The van der Waals surface area contributed by atoms with Crippen LogP contribution in [0.5, 0.6) is 5.75 Å². The highest BCUT2D eigenvalue weighted by atomic mass is 16.5. The summed E-state index contributed by atoms with van der Waals surface area (Å²) in [6.07, 6.45) is 2.23. The number of methoxy groups -OCH3 is 1. The number of rotatable bonds is 2. The fourth-order valence-electron chi connectivity index (χ4n) is 2.54. The molecule has 1 aliphatic heterocycles. The molecule has 3 nitrogen and oxygen atoms in total. The van der Waals surface area contributed by atoms with Crippen molar-refractivity contribution >= 4 is 5.69 Å². The minimum atomic E-state index is 0.434. The first-order chi connectivity index (χ1) is 7.67. The highest BCUT2D eigenvalue weighted by molar-refractivity contribution is 5.66. The number of hydrogen-bond donors (Lipinski definition) is 1. The molecule has 1 atom stereocenters. The number of nitrogens with two attached hydrogens (primary N) is 1. The van der Waals surface area contributed by atoms with Gasteiger partial charge in [0, 0.05) is 19.6 Å². The van der Waals surface area contributed by atoms with Crippen molar-refractivity contribution in [2.24, 2.45) is 5.73 Å². The van der Waals surface area contributed by atoms with Crippen molar-refractivity contribution in [1.29, 1.82) is 0 Å². The Bertz CT molecular complexity index is 373. The van der Waals surface area contributed by atoms with Gasteiger partial charge in [0.25, 0.3) is 0 Å². The number of anilines is 1. The van der Waals surface area contributed by atoms with Gasteiger partial charge in [-0.25, -0.2) is 0 Å². The van der Waals surface area contributed by atoms with Gasteiger partial charge in [-0.3, -0.25) is 0 Å². The number of hydrogen-bond acceptors (Lipinski definition) is 3. The van der Waals surface area contributed by atoms with Crippen LogP contribution < -0.4 is 15.4 Å². The largest absolute Gasteiger partial charge is 0.495 e. The van der Waals surface area contributed by atoms with Crippen LogP contribution in [0.3, 0.4) is 0 Å². The van der Waals surface area contributed by atoms with E-state index in [2.05, 4.69) is 31.0 Å². The van der Waals surface area contributed by atoms with Gasteiger partial charge in [0.1, 0.15) is 5.75 Å². The van der Waals surface area contributed by atoms with Crippen LogP contribution in [0.25, 0.3) is 0 Å². The summed E-state index contributed by atoms with van der Waals surface area (Å²) < 4.78 is 5.47. The van der Waals surface area contributed by atoms with Gasteiger partial charge < -0.3 is 15.4 Å². The van der Waals surface area contributed by atoms with Crippen LogP contribution in [0.4, 0.5) is 5.69 Å². The molecule has 0 aromatic heterocycles. The molecule has 0 saturated heterocycles. The van der Waals surface area contributed by atoms with E-state index in [-0.39, 0.29) is 0 Å². The molecular formula is C13H20N2O. The Kier molecular flexibility index (Phi) is 3.06. The summed E-state index contributed by atoms with van der Waals surface area (Å²) in [5, 5.41) is 0. The van der Waals surface area contributed by atoms with Crippen molar-refractivity contribution in [3.8, 4) is 5.75 Å². The molecule has 16 heavy (non-hydrogen) atoms. The molecule has 1 unspecified atom stereocenters. The number of aryl methyl sites for hydroxylation is 2. The fraction of sp³-hybridized carbons (Fsp3) is 0.538. The number of benzene rings is 1. The second kappa shape index (κ2) is 4.34. The number of ether oxygens (including phenoxy) is 1. The van der Waals surface area contributed by atoms with Gasteiger partial charge in [0.2, 0.25) is 0 Å². The van der Waals surface area contributed by atoms with E-state index >= 15 is 0 Å². The summed E-state index contributed by atoms with van der Waals surface area (Å²) in [6.45, 7) is 2.81. The number of nitrogens with zero attached hydrogens (tertiary/aromatic N) is 1. The molecule has 2 rings (SSSR count). The molecule has 2 N–H and O–H groups in total. The minimum Gasteiger partial charge on any atom is -0.495 e. The third kappa shape index (κ3) is 1.76.